The van der Waals surface area contributed by atoms with Crippen LogP contribution in [-0.2, 0) is 19.6 Å². The van der Waals surface area contributed by atoms with Crippen molar-refractivity contribution < 1.29 is 22.8 Å². The lowest BCUT2D eigenvalue weighted by atomic mass is 10.0. The van der Waals surface area contributed by atoms with Gasteiger partial charge >= 0.3 is 6.21 Å². The normalized spacial score (nSPS) is 18.7. The molecule has 1 aliphatic heterocycles. The second kappa shape index (κ2) is 5.36. The maximum Gasteiger partial charge on any atom is 0.323 e. The lowest BCUT2D eigenvalue weighted by Gasteiger charge is -2.16. The predicted octanol–water partition coefficient (Wildman–Crippen LogP) is 0.0935. The van der Waals surface area contributed by atoms with E-state index in [1.54, 1.807) is 18.2 Å². The molecule has 1 fully saturated rings. The van der Waals surface area contributed by atoms with Crippen LogP contribution in [0.15, 0.2) is 35.2 Å². The molecule has 1 aromatic rings. The van der Waals surface area contributed by atoms with Crippen molar-refractivity contribution in [3.8, 4) is 0 Å². The standard InChI is InChI=1S/C12H11N3O4S/c13-14-8-11(16)10-6-7-15(12(10)17)20(18,19)9-4-2-1-3-5-9/h1-5,8,10H,6-7H2. The Morgan fingerprint density at radius 2 is 2.00 bits per heavy atom. The molecule has 1 aromatic carbocycles. The number of Topliss-reactive ketones (excluding diaryl/α,β-unsaturated/α-hetero) is 1. The Morgan fingerprint density at radius 3 is 2.60 bits per heavy atom. The molecule has 1 amide bonds. The lowest BCUT2D eigenvalue weighted by Crippen LogP contribution is -2.35. The molecular weight excluding hydrogens is 282 g/mol. The van der Waals surface area contributed by atoms with Gasteiger partial charge in [-0.15, -0.1) is 0 Å². The topological polar surface area (TPSA) is 108 Å². The molecule has 2 rings (SSSR count). The Morgan fingerprint density at radius 1 is 1.35 bits per heavy atom. The quantitative estimate of drug-likeness (QED) is 0.339. The molecule has 1 heterocycles. The van der Waals surface area contributed by atoms with Gasteiger partial charge in [-0.3, -0.25) is 9.59 Å². The molecule has 0 saturated carbocycles. The summed E-state index contributed by atoms with van der Waals surface area (Å²) in [7, 11) is -3.94. The number of sulfonamides is 1. The van der Waals surface area contributed by atoms with Gasteiger partial charge in [0, 0.05) is 6.54 Å². The van der Waals surface area contributed by atoms with Crippen LogP contribution >= 0.6 is 0 Å². The molecule has 7 nitrogen and oxygen atoms in total. The highest BCUT2D eigenvalue weighted by molar-refractivity contribution is 7.89. The van der Waals surface area contributed by atoms with E-state index in [0.29, 0.717) is 10.5 Å². The van der Waals surface area contributed by atoms with Gasteiger partial charge in [0.1, 0.15) is 5.92 Å². The average molecular weight is 293 g/mol. The van der Waals surface area contributed by atoms with E-state index in [-0.39, 0.29) is 17.9 Å². The molecule has 20 heavy (non-hydrogen) atoms. The van der Waals surface area contributed by atoms with E-state index in [4.69, 9.17) is 5.53 Å². The van der Waals surface area contributed by atoms with Gasteiger partial charge in [0.25, 0.3) is 10.0 Å². The third-order valence-electron chi connectivity index (χ3n) is 3.02. The van der Waals surface area contributed by atoms with Gasteiger partial charge in [-0.05, 0) is 18.6 Å². The Bertz CT molecular complexity index is 693. The van der Waals surface area contributed by atoms with Gasteiger partial charge < -0.3 is 5.53 Å². The number of benzene rings is 1. The Balaban J connectivity index is 2.30. The number of nitrogens with zero attached hydrogens (tertiary/aromatic N) is 3. The maximum absolute atomic E-state index is 12.3. The van der Waals surface area contributed by atoms with Crippen LogP contribution in [0.25, 0.3) is 5.53 Å². The van der Waals surface area contributed by atoms with E-state index < -0.39 is 27.6 Å². The fraction of sp³-hybridized carbons (Fsp3) is 0.250. The van der Waals surface area contributed by atoms with Crippen molar-refractivity contribution in [2.75, 3.05) is 6.54 Å². The Hall–Kier alpha value is -2.31. The number of carbonyl (C=O) groups excluding carboxylic acids is 2. The summed E-state index contributed by atoms with van der Waals surface area (Å²) in [6.45, 7) is -0.0638. The maximum atomic E-state index is 12.3. The first-order valence-electron chi connectivity index (χ1n) is 5.81. The summed E-state index contributed by atoms with van der Waals surface area (Å²) in [4.78, 5) is 26.1. The number of rotatable bonds is 4. The highest BCUT2D eigenvalue weighted by atomic mass is 32.2. The Kier molecular flexibility index (Phi) is 3.78. The SMILES string of the molecule is [N-]=[N+]=CC(=O)C1CCN(S(=O)(=O)c2ccccc2)C1=O. The summed E-state index contributed by atoms with van der Waals surface area (Å²) in [5.74, 6) is -2.61. The number of carbonyl (C=O) groups is 2. The van der Waals surface area contributed by atoms with Crippen LogP contribution in [0.4, 0.5) is 0 Å². The summed E-state index contributed by atoms with van der Waals surface area (Å²) in [5, 5.41) is 0. The molecule has 0 aliphatic carbocycles. The molecule has 104 valence electrons. The van der Waals surface area contributed by atoms with E-state index in [1.165, 1.54) is 12.1 Å². The van der Waals surface area contributed by atoms with Crippen molar-refractivity contribution in [1.29, 1.82) is 0 Å². The molecule has 0 radical (unpaired) electrons. The van der Waals surface area contributed by atoms with Crippen LogP contribution in [0, 0.1) is 5.92 Å². The lowest BCUT2D eigenvalue weighted by molar-refractivity contribution is -0.132. The van der Waals surface area contributed by atoms with Gasteiger partial charge in [-0.1, -0.05) is 18.2 Å². The van der Waals surface area contributed by atoms with E-state index in [0.717, 1.165) is 0 Å². The van der Waals surface area contributed by atoms with Crippen LogP contribution in [0.5, 0.6) is 0 Å². The first-order valence-corrected chi connectivity index (χ1v) is 7.25. The number of ketones is 1. The van der Waals surface area contributed by atoms with Gasteiger partial charge in [0.2, 0.25) is 11.7 Å². The zero-order chi connectivity index (χ0) is 14.8. The van der Waals surface area contributed by atoms with Crippen LogP contribution in [0.2, 0.25) is 0 Å². The van der Waals surface area contributed by atoms with Crippen molar-refractivity contribution in [2.45, 2.75) is 11.3 Å². The summed E-state index contributed by atoms with van der Waals surface area (Å²) in [6, 6.07) is 7.53. The van der Waals surface area contributed by atoms with Crippen molar-refractivity contribution in [3.63, 3.8) is 0 Å². The molecule has 0 bridgehead atoms. The molecule has 1 unspecified atom stereocenters. The summed E-state index contributed by atoms with van der Waals surface area (Å²) in [6.07, 6.45) is 0.691. The molecule has 1 aliphatic rings. The third kappa shape index (κ3) is 2.38. The Labute approximate surface area is 115 Å². The highest BCUT2D eigenvalue weighted by Gasteiger charge is 2.43. The molecule has 0 spiro atoms. The van der Waals surface area contributed by atoms with Gasteiger partial charge in [0.05, 0.1) is 4.90 Å². The van der Waals surface area contributed by atoms with Crippen LogP contribution in [0.3, 0.4) is 0 Å². The first kappa shape index (κ1) is 14.1. The molecule has 8 heteroatoms. The number of amides is 1. The second-order valence-corrected chi connectivity index (χ2v) is 6.08. The minimum Gasteiger partial charge on any atom is -0.361 e. The average Bonchev–Trinajstić information content (AvgIpc) is 2.82. The fourth-order valence-corrected chi connectivity index (χ4v) is 3.49. The molecule has 1 atom stereocenters. The van der Waals surface area contributed by atoms with Gasteiger partial charge in [-0.25, -0.2) is 12.7 Å². The first-order chi connectivity index (χ1) is 9.48. The highest BCUT2D eigenvalue weighted by Crippen LogP contribution is 2.25. The van der Waals surface area contributed by atoms with Crippen molar-refractivity contribution in [3.05, 3.63) is 35.9 Å². The smallest absolute Gasteiger partial charge is 0.323 e. The molecule has 1 saturated heterocycles. The zero-order valence-corrected chi connectivity index (χ0v) is 11.2. The minimum absolute atomic E-state index is 0.00252. The van der Waals surface area contributed by atoms with E-state index in [9.17, 15) is 18.0 Å². The molecule has 0 N–H and O–H groups in total. The van der Waals surface area contributed by atoms with Crippen molar-refractivity contribution >= 4 is 27.9 Å². The van der Waals surface area contributed by atoms with Crippen LogP contribution in [-0.4, -0.2) is 42.0 Å². The van der Waals surface area contributed by atoms with E-state index in [1.807, 2.05) is 0 Å². The van der Waals surface area contributed by atoms with E-state index in [2.05, 4.69) is 4.79 Å². The fourth-order valence-electron chi connectivity index (χ4n) is 2.02. The largest absolute Gasteiger partial charge is 0.361 e. The van der Waals surface area contributed by atoms with Crippen LogP contribution in [0.1, 0.15) is 6.42 Å². The number of hydrogen-bond donors (Lipinski definition) is 0. The third-order valence-corrected chi connectivity index (χ3v) is 4.84. The van der Waals surface area contributed by atoms with Crippen molar-refractivity contribution in [1.82, 2.24) is 4.31 Å². The second-order valence-electron chi connectivity index (χ2n) is 4.22. The number of hydrogen-bond acceptors (Lipinski definition) is 4. The van der Waals surface area contributed by atoms with Crippen LogP contribution < -0.4 is 0 Å². The predicted molar refractivity (Wildman–Crippen MR) is 68.1 cm³/mol. The van der Waals surface area contributed by atoms with Gasteiger partial charge in [-0.2, -0.15) is 4.79 Å². The monoisotopic (exact) mass is 293 g/mol. The van der Waals surface area contributed by atoms with Crippen molar-refractivity contribution in [2.24, 2.45) is 5.92 Å². The van der Waals surface area contributed by atoms with Gasteiger partial charge in [0.15, 0.2) is 0 Å². The minimum atomic E-state index is -3.94. The molecule has 0 aromatic heterocycles. The zero-order valence-electron chi connectivity index (χ0n) is 10.3. The summed E-state index contributed by atoms with van der Waals surface area (Å²) >= 11 is 0. The van der Waals surface area contributed by atoms with E-state index >= 15 is 0 Å². The summed E-state index contributed by atoms with van der Waals surface area (Å²) in [5.41, 5.74) is 8.29. The summed E-state index contributed by atoms with van der Waals surface area (Å²) < 4.78 is 25.3. The molecular formula is C12H11N3O4S.